The van der Waals surface area contributed by atoms with E-state index in [0.717, 1.165) is 32.1 Å². The molecule has 0 aliphatic carbocycles. The molecule has 9 heteroatoms. The number of pyridine rings is 1. The van der Waals surface area contributed by atoms with E-state index in [1.807, 2.05) is 12.2 Å². The Kier molecular flexibility index (Phi) is 21.0. The summed E-state index contributed by atoms with van der Waals surface area (Å²) in [4.78, 5) is 40.3. The number of aliphatic carboxylic acids is 1. The van der Waals surface area contributed by atoms with Crippen molar-refractivity contribution in [1.82, 2.24) is 10.3 Å². The minimum absolute atomic E-state index is 0.103. The van der Waals surface area contributed by atoms with Gasteiger partial charge in [0.05, 0.1) is 18.6 Å². The minimum Gasteiger partial charge on any atom is -0.481 e. The van der Waals surface area contributed by atoms with Gasteiger partial charge in [-0.05, 0) is 50.7 Å². The highest BCUT2D eigenvalue weighted by atomic mass is 16.6. The molecule has 45 heavy (non-hydrogen) atoms. The maximum absolute atomic E-state index is 12.9. The summed E-state index contributed by atoms with van der Waals surface area (Å²) in [6, 6.07) is 3.08. The summed E-state index contributed by atoms with van der Waals surface area (Å²) >= 11 is 0. The van der Waals surface area contributed by atoms with E-state index >= 15 is 0 Å². The van der Waals surface area contributed by atoms with Gasteiger partial charge in [0.2, 0.25) is 0 Å². The Balaban J connectivity index is 2.44. The lowest BCUT2D eigenvalue weighted by Crippen LogP contribution is -2.49. The summed E-state index contributed by atoms with van der Waals surface area (Å²) in [5.41, 5.74) is -0.889. The summed E-state index contributed by atoms with van der Waals surface area (Å²) in [6.07, 6.45) is 31.0. The van der Waals surface area contributed by atoms with Crippen molar-refractivity contribution in [3.05, 3.63) is 103 Å². The summed E-state index contributed by atoms with van der Waals surface area (Å²) in [7, 11) is 0. The van der Waals surface area contributed by atoms with Crippen molar-refractivity contribution in [3.63, 3.8) is 0 Å². The first kappa shape index (κ1) is 38.9. The zero-order chi connectivity index (χ0) is 33.2. The van der Waals surface area contributed by atoms with Crippen LogP contribution in [-0.4, -0.2) is 58.6 Å². The Hall–Kier alpha value is -4.08. The molecule has 0 spiro atoms. The fourth-order valence-corrected chi connectivity index (χ4v) is 3.80. The van der Waals surface area contributed by atoms with Crippen molar-refractivity contribution >= 4 is 17.8 Å². The molecule has 1 aromatic heterocycles. The molecule has 0 saturated heterocycles. The van der Waals surface area contributed by atoms with Crippen molar-refractivity contribution < 1.29 is 34.1 Å². The average Bonchev–Trinajstić information content (AvgIpc) is 3.02. The van der Waals surface area contributed by atoms with Crippen LogP contribution in [0.25, 0.3) is 0 Å². The third-order valence-corrected chi connectivity index (χ3v) is 6.29. The van der Waals surface area contributed by atoms with Crippen molar-refractivity contribution in [2.24, 2.45) is 5.41 Å². The van der Waals surface area contributed by atoms with E-state index in [4.69, 9.17) is 14.6 Å². The number of ether oxygens (including phenoxy) is 2. The maximum Gasteiger partial charge on any atom is 0.340 e. The number of nitrogens with one attached hydrogen (secondary N) is 1. The van der Waals surface area contributed by atoms with Crippen LogP contribution in [0.4, 0.5) is 0 Å². The molecule has 9 nitrogen and oxygen atoms in total. The van der Waals surface area contributed by atoms with Gasteiger partial charge in [0.25, 0.3) is 5.91 Å². The van der Waals surface area contributed by atoms with E-state index in [1.54, 1.807) is 19.9 Å². The molecule has 0 saturated carbocycles. The van der Waals surface area contributed by atoms with Crippen LogP contribution >= 0.6 is 0 Å². The molecule has 2 unspecified atom stereocenters. The molecule has 0 fully saturated rings. The Morgan fingerprint density at radius 3 is 1.91 bits per heavy atom. The molecule has 0 aromatic carbocycles. The van der Waals surface area contributed by atoms with Gasteiger partial charge in [-0.3, -0.25) is 14.6 Å². The highest BCUT2D eigenvalue weighted by Gasteiger charge is 2.39. The molecule has 1 heterocycles. The standard InChI is InChI=1S/C36H50N2O7/c1-4-5-6-7-8-9-10-11-12-13-14-15-16-17-18-19-20-21-24-32(41)44-29-36(2,3)33(34(42)38-27-25-31(39)40)45-35(43)30-23-22-26-37-28-30/h5-6,8-9,11-12,14-15,17-18,20-23,26,28,32-33,41H,4,7,10,13,16,19,24-25,27,29H2,1-3H3,(H,38,42)(H,39,40). The van der Waals surface area contributed by atoms with Crippen molar-refractivity contribution in [1.29, 1.82) is 0 Å². The highest BCUT2D eigenvalue weighted by Crippen LogP contribution is 2.26. The van der Waals surface area contributed by atoms with Gasteiger partial charge in [0.1, 0.15) is 0 Å². The van der Waals surface area contributed by atoms with Crippen LogP contribution in [-0.2, 0) is 19.1 Å². The first-order valence-electron chi connectivity index (χ1n) is 15.5. The van der Waals surface area contributed by atoms with Gasteiger partial charge in [0.15, 0.2) is 12.4 Å². The third kappa shape index (κ3) is 19.7. The Labute approximate surface area is 268 Å². The third-order valence-electron chi connectivity index (χ3n) is 6.29. The van der Waals surface area contributed by atoms with Crippen LogP contribution in [0.15, 0.2) is 97.4 Å². The van der Waals surface area contributed by atoms with E-state index in [-0.39, 0.29) is 31.6 Å². The largest absolute Gasteiger partial charge is 0.481 e. The number of carbonyl (C=O) groups is 3. The number of carboxylic acid groups (broad SMARTS) is 1. The van der Waals surface area contributed by atoms with Crippen LogP contribution in [0.3, 0.4) is 0 Å². The smallest absolute Gasteiger partial charge is 0.340 e. The van der Waals surface area contributed by atoms with E-state index in [0.29, 0.717) is 6.42 Å². The van der Waals surface area contributed by atoms with E-state index in [2.05, 4.69) is 78.0 Å². The van der Waals surface area contributed by atoms with Gasteiger partial charge < -0.3 is 25.0 Å². The predicted octanol–water partition coefficient (Wildman–Crippen LogP) is 6.65. The normalized spacial score (nSPS) is 14.0. The number of aliphatic hydroxyl groups excluding tert-OH is 1. The second-order valence-corrected chi connectivity index (χ2v) is 10.9. The highest BCUT2D eigenvalue weighted by molar-refractivity contribution is 5.92. The summed E-state index contributed by atoms with van der Waals surface area (Å²) in [6.45, 7) is 5.22. The number of rotatable bonds is 23. The number of hydrogen-bond donors (Lipinski definition) is 3. The van der Waals surface area contributed by atoms with Crippen LogP contribution < -0.4 is 5.32 Å². The van der Waals surface area contributed by atoms with E-state index in [1.165, 1.54) is 18.5 Å². The van der Waals surface area contributed by atoms with Crippen molar-refractivity contribution in [2.45, 2.75) is 84.5 Å². The zero-order valence-corrected chi connectivity index (χ0v) is 26.8. The van der Waals surface area contributed by atoms with Crippen LogP contribution in [0.1, 0.15) is 82.5 Å². The van der Waals surface area contributed by atoms with Gasteiger partial charge >= 0.3 is 11.9 Å². The summed E-state index contributed by atoms with van der Waals surface area (Å²) in [5.74, 6) is -2.49. The number of hydrogen-bond acceptors (Lipinski definition) is 7. The van der Waals surface area contributed by atoms with Crippen LogP contribution in [0, 0.1) is 5.41 Å². The molecule has 0 aliphatic heterocycles. The number of allylic oxidation sites excluding steroid dienone is 11. The molecule has 1 rings (SSSR count). The number of carbonyl (C=O) groups excluding carboxylic acids is 2. The fourth-order valence-electron chi connectivity index (χ4n) is 3.80. The number of amides is 1. The van der Waals surface area contributed by atoms with Gasteiger partial charge in [-0.2, -0.15) is 0 Å². The Bertz CT molecular complexity index is 1170. The molecule has 0 aliphatic rings. The number of esters is 1. The number of aromatic nitrogens is 1. The van der Waals surface area contributed by atoms with Crippen molar-refractivity contribution in [2.75, 3.05) is 13.2 Å². The van der Waals surface area contributed by atoms with E-state index in [9.17, 15) is 19.5 Å². The fraction of sp³-hybridized carbons (Fsp3) is 0.444. The van der Waals surface area contributed by atoms with Gasteiger partial charge in [-0.15, -0.1) is 0 Å². The average molecular weight is 623 g/mol. The number of aliphatic hydroxyl groups is 1. The second-order valence-electron chi connectivity index (χ2n) is 10.9. The first-order chi connectivity index (χ1) is 21.7. The van der Waals surface area contributed by atoms with Crippen molar-refractivity contribution in [3.8, 4) is 0 Å². The van der Waals surface area contributed by atoms with Gasteiger partial charge in [-0.25, -0.2) is 4.79 Å². The summed E-state index contributed by atoms with van der Waals surface area (Å²) in [5, 5.41) is 21.7. The Morgan fingerprint density at radius 1 is 0.889 bits per heavy atom. The molecule has 1 amide bonds. The van der Waals surface area contributed by atoms with Crippen LogP contribution in [0.2, 0.25) is 0 Å². The lowest BCUT2D eigenvalue weighted by molar-refractivity contribution is -0.153. The summed E-state index contributed by atoms with van der Waals surface area (Å²) < 4.78 is 11.1. The lowest BCUT2D eigenvalue weighted by Gasteiger charge is -2.33. The van der Waals surface area contributed by atoms with Gasteiger partial charge in [-0.1, -0.05) is 93.7 Å². The maximum atomic E-state index is 12.9. The molecule has 246 valence electrons. The SMILES string of the molecule is CCC=CCC=CCC=CCC=CCC=CCC=CCC(O)OCC(C)(C)C(OC(=O)c1cccnc1)C(=O)NCCC(=O)O. The molecular weight excluding hydrogens is 572 g/mol. The quantitative estimate of drug-likeness (QED) is 0.0702. The first-order valence-corrected chi connectivity index (χ1v) is 15.5. The molecule has 0 bridgehead atoms. The molecular formula is C36H50N2O7. The van der Waals surface area contributed by atoms with Crippen LogP contribution in [0.5, 0.6) is 0 Å². The topological polar surface area (TPSA) is 135 Å². The predicted molar refractivity (Wildman–Crippen MR) is 177 cm³/mol. The zero-order valence-electron chi connectivity index (χ0n) is 26.8. The molecule has 2 atom stereocenters. The number of carboxylic acids is 1. The Morgan fingerprint density at radius 2 is 1.42 bits per heavy atom. The lowest BCUT2D eigenvalue weighted by atomic mass is 9.86. The number of nitrogens with zero attached hydrogens (tertiary/aromatic N) is 1. The molecule has 1 aromatic rings. The molecule has 0 radical (unpaired) electrons. The minimum atomic E-state index is -1.31. The van der Waals surface area contributed by atoms with E-state index < -0.39 is 35.7 Å². The molecule has 3 N–H and O–H groups in total. The monoisotopic (exact) mass is 622 g/mol. The van der Waals surface area contributed by atoms with Gasteiger partial charge in [0, 0.05) is 30.8 Å². The second kappa shape index (κ2) is 24.3.